The molecule has 2 N–H and O–H groups in total. The molecule has 0 aromatic rings. The summed E-state index contributed by atoms with van der Waals surface area (Å²) in [4.78, 5) is 13.9. The summed E-state index contributed by atoms with van der Waals surface area (Å²) in [6.45, 7) is 9.73. The van der Waals surface area contributed by atoms with Gasteiger partial charge in [0.15, 0.2) is 0 Å². The predicted molar refractivity (Wildman–Crippen MR) is 73.3 cm³/mol. The highest BCUT2D eigenvalue weighted by Crippen LogP contribution is 2.28. The van der Waals surface area contributed by atoms with E-state index in [0.29, 0.717) is 11.8 Å². The van der Waals surface area contributed by atoms with Crippen LogP contribution in [0.5, 0.6) is 0 Å². The average Bonchev–Trinajstić information content (AvgIpc) is 2.26. The van der Waals surface area contributed by atoms with Gasteiger partial charge in [-0.3, -0.25) is 4.79 Å². The van der Waals surface area contributed by atoms with E-state index < -0.39 is 5.54 Å². The largest absolute Gasteiger partial charge is 0.468 e. The third-order valence-electron chi connectivity index (χ3n) is 3.80. The number of piperidine rings is 1. The number of carbonyl (C=O) groups is 1. The lowest BCUT2D eigenvalue weighted by molar-refractivity contribution is -0.146. The first-order chi connectivity index (χ1) is 8.27. The number of likely N-dealkylation sites (tertiary alicyclic amines) is 1. The van der Waals surface area contributed by atoms with Crippen LogP contribution in [0.4, 0.5) is 0 Å². The molecule has 1 rings (SSSR count). The fourth-order valence-electron chi connectivity index (χ4n) is 2.74. The third-order valence-corrected chi connectivity index (χ3v) is 3.80. The second-order valence-electron chi connectivity index (χ2n) is 6.56. The van der Waals surface area contributed by atoms with Gasteiger partial charge in [0.1, 0.15) is 5.54 Å². The second-order valence-corrected chi connectivity index (χ2v) is 6.56. The molecule has 0 aliphatic carbocycles. The molecule has 4 heteroatoms. The van der Waals surface area contributed by atoms with Crippen LogP contribution in [-0.2, 0) is 9.53 Å². The molecule has 18 heavy (non-hydrogen) atoms. The number of nitrogens with zero attached hydrogens (tertiary/aromatic N) is 1. The van der Waals surface area contributed by atoms with Gasteiger partial charge in [-0.1, -0.05) is 13.8 Å². The van der Waals surface area contributed by atoms with Crippen molar-refractivity contribution in [2.75, 3.05) is 26.7 Å². The highest BCUT2D eigenvalue weighted by Gasteiger charge is 2.30. The summed E-state index contributed by atoms with van der Waals surface area (Å²) in [5.41, 5.74) is 5.52. The molecule has 0 bridgehead atoms. The van der Waals surface area contributed by atoms with Gasteiger partial charge in [-0.25, -0.2) is 0 Å². The number of hydrogen-bond donors (Lipinski definition) is 1. The SMILES string of the molecule is COC(=O)C(C)(N)CCCN1CCCC(C)(C)C1. The molecular weight excluding hydrogens is 228 g/mol. The number of nitrogens with two attached hydrogens (primary N) is 1. The molecule has 1 heterocycles. The van der Waals surface area contributed by atoms with Crippen LogP contribution in [-0.4, -0.2) is 43.2 Å². The van der Waals surface area contributed by atoms with Crippen LogP contribution in [0.1, 0.15) is 46.5 Å². The van der Waals surface area contributed by atoms with Gasteiger partial charge in [0, 0.05) is 6.54 Å². The summed E-state index contributed by atoms with van der Waals surface area (Å²) >= 11 is 0. The molecule has 1 unspecified atom stereocenters. The molecule has 4 nitrogen and oxygen atoms in total. The van der Waals surface area contributed by atoms with Crippen molar-refractivity contribution in [1.82, 2.24) is 4.90 Å². The van der Waals surface area contributed by atoms with Crippen LogP contribution in [0.25, 0.3) is 0 Å². The Balaban J connectivity index is 2.31. The minimum atomic E-state index is -0.847. The predicted octanol–water partition coefficient (Wildman–Crippen LogP) is 1.78. The molecule has 0 radical (unpaired) electrons. The lowest BCUT2D eigenvalue weighted by Gasteiger charge is -2.38. The first-order valence-electron chi connectivity index (χ1n) is 6.86. The molecule has 0 saturated carbocycles. The molecule has 0 aromatic carbocycles. The number of esters is 1. The van der Waals surface area contributed by atoms with Gasteiger partial charge in [0.2, 0.25) is 0 Å². The van der Waals surface area contributed by atoms with E-state index in [-0.39, 0.29) is 5.97 Å². The van der Waals surface area contributed by atoms with Gasteiger partial charge < -0.3 is 15.4 Å². The van der Waals surface area contributed by atoms with E-state index in [1.807, 2.05) is 0 Å². The van der Waals surface area contributed by atoms with E-state index in [0.717, 1.165) is 19.5 Å². The molecular formula is C14H28N2O2. The van der Waals surface area contributed by atoms with Crippen molar-refractivity contribution in [1.29, 1.82) is 0 Å². The fourth-order valence-corrected chi connectivity index (χ4v) is 2.74. The Morgan fingerprint density at radius 1 is 1.50 bits per heavy atom. The minimum absolute atomic E-state index is 0.318. The fraction of sp³-hybridized carbons (Fsp3) is 0.929. The van der Waals surface area contributed by atoms with E-state index in [4.69, 9.17) is 10.5 Å². The van der Waals surface area contributed by atoms with E-state index in [1.165, 1.54) is 26.5 Å². The minimum Gasteiger partial charge on any atom is -0.468 e. The van der Waals surface area contributed by atoms with Crippen LogP contribution < -0.4 is 5.73 Å². The number of methoxy groups -OCH3 is 1. The van der Waals surface area contributed by atoms with E-state index in [9.17, 15) is 4.79 Å². The Labute approximate surface area is 111 Å². The summed E-state index contributed by atoms with van der Waals surface area (Å²) in [7, 11) is 1.39. The van der Waals surface area contributed by atoms with Gasteiger partial charge >= 0.3 is 5.97 Å². The molecule has 0 spiro atoms. The smallest absolute Gasteiger partial charge is 0.325 e. The van der Waals surface area contributed by atoms with Crippen LogP contribution in [0.3, 0.4) is 0 Å². The topological polar surface area (TPSA) is 55.6 Å². The van der Waals surface area contributed by atoms with Gasteiger partial charge in [0.05, 0.1) is 7.11 Å². The molecule has 0 amide bonds. The Morgan fingerprint density at radius 2 is 2.17 bits per heavy atom. The highest BCUT2D eigenvalue weighted by molar-refractivity contribution is 5.79. The van der Waals surface area contributed by atoms with Crippen molar-refractivity contribution in [3.05, 3.63) is 0 Å². The zero-order valence-electron chi connectivity index (χ0n) is 12.3. The maximum Gasteiger partial charge on any atom is 0.325 e. The Hall–Kier alpha value is -0.610. The Bertz CT molecular complexity index is 288. The van der Waals surface area contributed by atoms with Gasteiger partial charge in [-0.2, -0.15) is 0 Å². The van der Waals surface area contributed by atoms with Crippen LogP contribution >= 0.6 is 0 Å². The van der Waals surface area contributed by atoms with Crippen molar-refractivity contribution in [3.63, 3.8) is 0 Å². The van der Waals surface area contributed by atoms with Gasteiger partial charge in [-0.15, -0.1) is 0 Å². The van der Waals surface area contributed by atoms with Crippen molar-refractivity contribution < 1.29 is 9.53 Å². The molecule has 1 saturated heterocycles. The Morgan fingerprint density at radius 3 is 2.72 bits per heavy atom. The van der Waals surface area contributed by atoms with E-state index in [1.54, 1.807) is 6.92 Å². The summed E-state index contributed by atoms with van der Waals surface area (Å²) < 4.78 is 4.71. The summed E-state index contributed by atoms with van der Waals surface area (Å²) in [6.07, 6.45) is 4.19. The summed E-state index contributed by atoms with van der Waals surface area (Å²) in [5, 5.41) is 0. The first kappa shape index (κ1) is 15.4. The van der Waals surface area contributed by atoms with Crippen molar-refractivity contribution in [3.8, 4) is 0 Å². The number of rotatable bonds is 5. The molecule has 1 aliphatic heterocycles. The first-order valence-corrected chi connectivity index (χ1v) is 6.86. The standard InChI is InChI=1S/C14H28N2O2/c1-13(2)7-5-9-16(11-13)10-6-8-14(3,15)12(17)18-4/h5-11,15H2,1-4H3. The maximum atomic E-state index is 11.5. The van der Waals surface area contributed by atoms with Crippen molar-refractivity contribution in [2.24, 2.45) is 11.1 Å². The van der Waals surface area contributed by atoms with Crippen molar-refractivity contribution in [2.45, 2.75) is 52.0 Å². The normalized spacial score (nSPS) is 23.4. The number of carbonyl (C=O) groups excluding carboxylic acids is 1. The van der Waals surface area contributed by atoms with Gasteiger partial charge in [-0.05, 0) is 51.1 Å². The van der Waals surface area contributed by atoms with Crippen LogP contribution in [0.2, 0.25) is 0 Å². The van der Waals surface area contributed by atoms with E-state index >= 15 is 0 Å². The number of hydrogen-bond acceptors (Lipinski definition) is 4. The van der Waals surface area contributed by atoms with Crippen molar-refractivity contribution >= 4 is 5.97 Å². The Kier molecular flexibility index (Phi) is 5.17. The molecule has 0 aromatic heterocycles. The summed E-state index contributed by atoms with van der Waals surface area (Å²) in [5.74, 6) is -0.318. The third kappa shape index (κ3) is 4.58. The zero-order valence-corrected chi connectivity index (χ0v) is 12.3. The molecule has 106 valence electrons. The van der Waals surface area contributed by atoms with Gasteiger partial charge in [0.25, 0.3) is 0 Å². The monoisotopic (exact) mass is 256 g/mol. The lowest BCUT2D eigenvalue weighted by Crippen LogP contribution is -2.46. The van der Waals surface area contributed by atoms with E-state index in [2.05, 4.69) is 18.7 Å². The molecule has 1 atom stereocenters. The average molecular weight is 256 g/mol. The molecule has 1 aliphatic rings. The summed E-state index contributed by atoms with van der Waals surface area (Å²) in [6, 6.07) is 0. The highest BCUT2D eigenvalue weighted by atomic mass is 16.5. The second kappa shape index (κ2) is 6.02. The molecule has 1 fully saturated rings. The van der Waals surface area contributed by atoms with Crippen LogP contribution in [0.15, 0.2) is 0 Å². The quantitative estimate of drug-likeness (QED) is 0.762. The zero-order chi connectivity index (χ0) is 13.8. The maximum absolute atomic E-state index is 11.5. The van der Waals surface area contributed by atoms with Crippen LogP contribution in [0, 0.1) is 5.41 Å². The lowest BCUT2D eigenvalue weighted by atomic mass is 9.84. The number of ether oxygens (including phenoxy) is 1.